The number of halogens is 6. The summed E-state index contributed by atoms with van der Waals surface area (Å²) in [5.74, 6) is -1.22. The average Bonchev–Trinajstić information content (AvgIpc) is 3.37. The van der Waals surface area contributed by atoms with Crippen LogP contribution in [0.2, 0.25) is 5.02 Å². The van der Waals surface area contributed by atoms with E-state index in [2.05, 4.69) is 10.4 Å². The number of piperidine rings is 1. The number of aromatic nitrogens is 2. The highest BCUT2D eigenvalue weighted by molar-refractivity contribution is 7.91. The summed E-state index contributed by atoms with van der Waals surface area (Å²) >= 11 is 6.63. The van der Waals surface area contributed by atoms with E-state index in [0.717, 1.165) is 31.7 Å². The van der Waals surface area contributed by atoms with Gasteiger partial charge in [-0.1, -0.05) is 61.8 Å². The maximum atomic E-state index is 13.5. The van der Waals surface area contributed by atoms with Crippen LogP contribution in [0.1, 0.15) is 55.2 Å². The molecule has 2 amide bonds. The zero-order chi connectivity index (χ0) is 37.0. The van der Waals surface area contributed by atoms with Crippen LogP contribution in [-0.2, 0) is 34.1 Å². The molecular weight excluding hydrogens is 711 g/mol. The van der Waals surface area contributed by atoms with E-state index >= 15 is 0 Å². The summed E-state index contributed by atoms with van der Waals surface area (Å²) in [7, 11) is -3.50. The number of amides is 2. The van der Waals surface area contributed by atoms with E-state index in [9.17, 15) is 40.0 Å². The maximum absolute atomic E-state index is 13.5. The fraction of sp³-hybridized carbons (Fsp3) is 0.485. The summed E-state index contributed by atoms with van der Waals surface area (Å²) in [6.07, 6.45) is -4.29. The molecule has 3 aromatic rings. The molecule has 1 aromatic heterocycles. The lowest BCUT2D eigenvalue weighted by atomic mass is 9.84. The van der Waals surface area contributed by atoms with Crippen molar-refractivity contribution in [2.45, 2.75) is 77.3 Å². The monoisotopic (exact) mass is 748 g/mol. The highest BCUT2D eigenvalue weighted by atomic mass is 35.5. The SMILES string of the molecule is CCn1nc(C(=O)NC[C@H]2CC[C@H](S(C)(=O)=O)CN2C(=O)OCc2ccccc2)c(Cl)c1-c1ccc(CC(C)(C)C(F)(F)F)cc1OC(F)F. The van der Waals surface area contributed by atoms with E-state index in [1.54, 1.807) is 37.3 Å². The van der Waals surface area contributed by atoms with Gasteiger partial charge in [0.1, 0.15) is 12.4 Å². The minimum Gasteiger partial charge on any atom is -0.445 e. The molecule has 1 N–H and O–H groups in total. The second-order valence-electron chi connectivity index (χ2n) is 12.7. The molecule has 2 heterocycles. The van der Waals surface area contributed by atoms with Crippen LogP contribution in [0, 0.1) is 5.41 Å². The number of aryl methyl sites for hydroxylation is 1. The first kappa shape index (κ1) is 38.9. The molecule has 4 rings (SSSR count). The predicted molar refractivity (Wildman–Crippen MR) is 176 cm³/mol. The first-order valence-corrected chi connectivity index (χ1v) is 18.0. The number of hydrogen-bond acceptors (Lipinski definition) is 7. The third-order valence-corrected chi connectivity index (χ3v) is 10.5. The van der Waals surface area contributed by atoms with Crippen LogP contribution in [0.3, 0.4) is 0 Å². The number of hydrogen-bond donors (Lipinski definition) is 1. The Morgan fingerprint density at radius 3 is 2.36 bits per heavy atom. The lowest BCUT2D eigenvalue weighted by molar-refractivity contribution is -0.211. The smallest absolute Gasteiger partial charge is 0.410 e. The molecule has 1 saturated heterocycles. The third-order valence-electron chi connectivity index (χ3n) is 8.55. The van der Waals surface area contributed by atoms with E-state index in [1.807, 2.05) is 0 Å². The van der Waals surface area contributed by atoms with Crippen LogP contribution in [0.25, 0.3) is 11.3 Å². The first-order valence-electron chi connectivity index (χ1n) is 15.7. The summed E-state index contributed by atoms with van der Waals surface area (Å²) in [5, 5.41) is 5.88. The summed E-state index contributed by atoms with van der Waals surface area (Å²) in [6, 6.07) is 11.9. The van der Waals surface area contributed by atoms with Gasteiger partial charge in [0.25, 0.3) is 5.91 Å². The molecule has 0 radical (unpaired) electrons. The molecule has 2 aromatic carbocycles. The van der Waals surface area contributed by atoms with Crippen molar-refractivity contribution < 1.29 is 49.4 Å². The van der Waals surface area contributed by atoms with Gasteiger partial charge in [0.05, 0.1) is 27.4 Å². The van der Waals surface area contributed by atoms with Gasteiger partial charge in [-0.3, -0.25) is 9.48 Å². The number of likely N-dealkylation sites (tertiary alicyclic amines) is 1. The Hall–Kier alpha value is -3.92. The van der Waals surface area contributed by atoms with Crippen LogP contribution in [0.4, 0.5) is 26.7 Å². The number of nitrogens with one attached hydrogen (secondary N) is 1. The second kappa shape index (κ2) is 15.5. The van der Waals surface area contributed by atoms with Gasteiger partial charge in [0.2, 0.25) is 0 Å². The number of alkyl halides is 5. The fourth-order valence-electron chi connectivity index (χ4n) is 5.62. The molecule has 2 atom stereocenters. The van der Waals surface area contributed by atoms with Gasteiger partial charge in [-0.25, -0.2) is 13.2 Å². The zero-order valence-corrected chi connectivity index (χ0v) is 29.3. The van der Waals surface area contributed by atoms with Crippen molar-refractivity contribution in [1.29, 1.82) is 0 Å². The van der Waals surface area contributed by atoms with Gasteiger partial charge in [0.15, 0.2) is 15.5 Å². The maximum Gasteiger partial charge on any atom is 0.410 e. The van der Waals surface area contributed by atoms with Gasteiger partial charge >= 0.3 is 18.9 Å². The molecule has 0 bridgehead atoms. The quantitative estimate of drug-likeness (QED) is 0.200. The van der Waals surface area contributed by atoms with Gasteiger partial charge < -0.3 is 19.7 Å². The van der Waals surface area contributed by atoms with Crippen molar-refractivity contribution in [3.8, 4) is 17.0 Å². The number of rotatable bonds is 12. The van der Waals surface area contributed by atoms with E-state index in [4.69, 9.17) is 21.1 Å². The van der Waals surface area contributed by atoms with Gasteiger partial charge in [-0.2, -0.15) is 27.1 Å². The molecule has 1 aliphatic rings. The average molecular weight is 749 g/mol. The van der Waals surface area contributed by atoms with Crippen molar-refractivity contribution in [2.75, 3.05) is 19.3 Å². The van der Waals surface area contributed by atoms with E-state index in [-0.39, 0.29) is 66.6 Å². The third kappa shape index (κ3) is 9.24. The van der Waals surface area contributed by atoms with Crippen molar-refractivity contribution in [2.24, 2.45) is 5.41 Å². The van der Waals surface area contributed by atoms with E-state index in [0.29, 0.717) is 0 Å². The number of benzene rings is 2. The first-order chi connectivity index (χ1) is 23.3. The Labute approximate surface area is 291 Å². The van der Waals surface area contributed by atoms with Crippen LogP contribution < -0.4 is 10.1 Å². The Morgan fingerprint density at radius 1 is 1.08 bits per heavy atom. The highest BCUT2D eigenvalue weighted by Gasteiger charge is 2.47. The zero-order valence-electron chi connectivity index (χ0n) is 27.8. The number of carbonyl (C=O) groups excluding carboxylic acids is 2. The van der Waals surface area contributed by atoms with Crippen LogP contribution in [-0.4, -0.2) is 78.5 Å². The fourth-order valence-corrected chi connectivity index (χ4v) is 6.94. The normalized spacial score (nSPS) is 17.1. The Bertz CT molecular complexity index is 1790. The Morgan fingerprint density at radius 2 is 1.76 bits per heavy atom. The largest absolute Gasteiger partial charge is 0.445 e. The van der Waals surface area contributed by atoms with Crippen molar-refractivity contribution in [1.82, 2.24) is 20.0 Å². The minimum absolute atomic E-state index is 0.0244. The summed E-state index contributed by atoms with van der Waals surface area (Å²) < 4.78 is 104. The Balaban J connectivity index is 1.57. The lowest BCUT2D eigenvalue weighted by Gasteiger charge is -2.38. The van der Waals surface area contributed by atoms with Crippen LogP contribution >= 0.6 is 11.6 Å². The number of carbonyl (C=O) groups is 2. The van der Waals surface area contributed by atoms with Crippen molar-refractivity contribution in [3.63, 3.8) is 0 Å². The standard InChI is InChI=1S/C33H38ClF5N4O6S/c1-5-43-28(24-14-11-21(15-25(24)49-30(35)36)16-32(2,3)33(37,38)39)26(34)27(41-43)29(44)40-17-22-12-13-23(50(4,46)47)18-42(22)31(45)48-19-20-9-7-6-8-10-20/h6-11,14-15,22-23,30H,5,12-13,16-19H2,1-4H3,(H,40,44)/t22-,23+/m1/s1. The molecule has 0 aliphatic carbocycles. The van der Waals surface area contributed by atoms with Crippen LogP contribution in [0.5, 0.6) is 5.75 Å². The highest BCUT2D eigenvalue weighted by Crippen LogP contribution is 2.43. The van der Waals surface area contributed by atoms with Crippen molar-refractivity contribution >= 4 is 33.4 Å². The molecule has 274 valence electrons. The summed E-state index contributed by atoms with van der Waals surface area (Å²) in [5.41, 5.74) is -1.64. The minimum atomic E-state index is -4.56. The molecule has 0 spiro atoms. The molecular formula is C33H38ClF5N4O6S. The molecule has 50 heavy (non-hydrogen) atoms. The van der Waals surface area contributed by atoms with Crippen LogP contribution in [0.15, 0.2) is 48.5 Å². The Kier molecular flexibility index (Phi) is 12.1. The number of sulfone groups is 1. The summed E-state index contributed by atoms with van der Waals surface area (Å²) in [4.78, 5) is 27.9. The lowest BCUT2D eigenvalue weighted by Crippen LogP contribution is -2.54. The topological polar surface area (TPSA) is 120 Å². The number of ether oxygens (including phenoxy) is 2. The molecule has 0 saturated carbocycles. The second-order valence-corrected chi connectivity index (χ2v) is 15.4. The summed E-state index contributed by atoms with van der Waals surface area (Å²) in [6.45, 7) is 0.120. The molecule has 1 aliphatic heterocycles. The molecule has 10 nitrogen and oxygen atoms in total. The number of nitrogens with zero attached hydrogens (tertiary/aromatic N) is 3. The molecule has 17 heteroatoms. The van der Waals surface area contributed by atoms with E-state index in [1.165, 1.54) is 21.7 Å². The van der Waals surface area contributed by atoms with E-state index < -0.39 is 63.5 Å². The van der Waals surface area contributed by atoms with Crippen molar-refractivity contribution in [3.05, 3.63) is 70.4 Å². The van der Waals surface area contributed by atoms with Gasteiger partial charge in [0, 0.05) is 31.5 Å². The predicted octanol–water partition coefficient (Wildman–Crippen LogP) is 6.90. The van der Waals surface area contributed by atoms with Gasteiger partial charge in [-0.15, -0.1) is 0 Å². The molecule has 0 unspecified atom stereocenters. The van der Waals surface area contributed by atoms with Gasteiger partial charge in [-0.05, 0) is 49.4 Å². The molecule has 1 fully saturated rings.